The van der Waals surface area contributed by atoms with Gasteiger partial charge in [0.25, 0.3) is 0 Å². The average Bonchev–Trinajstić information content (AvgIpc) is 2.52. The Balaban J connectivity index is 2.06. The number of pyridine rings is 1. The number of aromatic nitrogens is 1. The molecule has 1 aromatic carbocycles. The third kappa shape index (κ3) is 4.37. The molecule has 0 fully saturated rings. The van der Waals surface area contributed by atoms with Crippen molar-refractivity contribution in [2.75, 3.05) is 0 Å². The van der Waals surface area contributed by atoms with Gasteiger partial charge < -0.3 is 9.29 Å². The summed E-state index contributed by atoms with van der Waals surface area (Å²) in [4.78, 5) is 4.91. The van der Waals surface area contributed by atoms with Gasteiger partial charge in [0.2, 0.25) is 0 Å². The Morgan fingerprint density at radius 3 is 2.14 bits per heavy atom. The summed E-state index contributed by atoms with van der Waals surface area (Å²) in [5.74, 6) is 0.678. The average molecular weight is 305 g/mol. The fourth-order valence-electron chi connectivity index (χ4n) is 1.98. The molecule has 1 aromatic heterocycles. The Kier molecular flexibility index (Phi) is 5.47. The SMILES string of the molecule is CCc1cc(COc2ccc(S(=O)O)cc2)cc(CC)n1. The second-order valence-electron chi connectivity index (χ2n) is 4.67. The molecule has 0 aliphatic rings. The number of benzene rings is 1. The van der Waals surface area contributed by atoms with E-state index in [1.807, 2.05) is 0 Å². The smallest absolute Gasteiger partial charge is 0.186 e. The van der Waals surface area contributed by atoms with E-state index < -0.39 is 11.1 Å². The fraction of sp³-hybridized carbons (Fsp3) is 0.312. The summed E-state index contributed by atoms with van der Waals surface area (Å²) in [6.45, 7) is 4.63. The third-order valence-corrected chi connectivity index (χ3v) is 3.82. The monoisotopic (exact) mass is 305 g/mol. The summed E-state index contributed by atoms with van der Waals surface area (Å²) in [7, 11) is 0. The highest BCUT2D eigenvalue weighted by molar-refractivity contribution is 7.79. The topological polar surface area (TPSA) is 59.4 Å². The zero-order chi connectivity index (χ0) is 15.2. The second kappa shape index (κ2) is 7.33. The Labute approximate surface area is 127 Å². The van der Waals surface area contributed by atoms with Crippen LogP contribution in [0.1, 0.15) is 30.8 Å². The molecule has 2 rings (SSSR count). The number of nitrogens with zero attached hydrogens (tertiary/aromatic N) is 1. The van der Waals surface area contributed by atoms with Gasteiger partial charge in [-0.1, -0.05) is 13.8 Å². The van der Waals surface area contributed by atoms with Crippen LogP contribution in [0.25, 0.3) is 0 Å². The molecule has 1 N–H and O–H groups in total. The number of hydrogen-bond acceptors (Lipinski definition) is 3. The molecule has 0 saturated heterocycles. The molecule has 1 heterocycles. The summed E-state index contributed by atoms with van der Waals surface area (Å²) in [6, 6.07) is 10.7. The van der Waals surface area contributed by atoms with Crippen molar-refractivity contribution >= 4 is 11.1 Å². The molecule has 1 atom stereocenters. The lowest BCUT2D eigenvalue weighted by atomic mass is 10.1. The first kappa shape index (κ1) is 15.7. The second-order valence-corrected chi connectivity index (χ2v) is 5.64. The van der Waals surface area contributed by atoms with Crippen LogP contribution in [0, 0.1) is 0 Å². The summed E-state index contributed by atoms with van der Waals surface area (Å²) >= 11 is -1.95. The first-order chi connectivity index (χ1) is 10.1. The predicted molar refractivity (Wildman–Crippen MR) is 82.8 cm³/mol. The Bertz CT molecular complexity index is 604. The van der Waals surface area contributed by atoms with Crippen LogP contribution in [0.5, 0.6) is 5.75 Å². The van der Waals surface area contributed by atoms with Crippen molar-refractivity contribution in [3.8, 4) is 5.75 Å². The van der Waals surface area contributed by atoms with Crippen LogP contribution < -0.4 is 4.74 Å². The van der Waals surface area contributed by atoms with E-state index in [4.69, 9.17) is 9.29 Å². The van der Waals surface area contributed by atoms with Crippen molar-refractivity contribution in [1.82, 2.24) is 4.98 Å². The summed E-state index contributed by atoms with van der Waals surface area (Å²) in [6.07, 6.45) is 1.80. The molecular weight excluding hydrogens is 286 g/mol. The minimum Gasteiger partial charge on any atom is -0.489 e. The molecule has 0 saturated carbocycles. The van der Waals surface area contributed by atoms with E-state index in [-0.39, 0.29) is 0 Å². The highest BCUT2D eigenvalue weighted by atomic mass is 32.2. The van der Waals surface area contributed by atoms with Gasteiger partial charge in [0, 0.05) is 11.4 Å². The van der Waals surface area contributed by atoms with Gasteiger partial charge in [0.15, 0.2) is 11.1 Å². The highest BCUT2D eigenvalue weighted by Crippen LogP contribution is 2.16. The van der Waals surface area contributed by atoms with E-state index in [0.29, 0.717) is 17.3 Å². The largest absolute Gasteiger partial charge is 0.489 e. The van der Waals surface area contributed by atoms with Gasteiger partial charge >= 0.3 is 0 Å². The van der Waals surface area contributed by atoms with Crippen LogP contribution in [0.3, 0.4) is 0 Å². The molecule has 21 heavy (non-hydrogen) atoms. The van der Waals surface area contributed by atoms with Gasteiger partial charge in [-0.05, 0) is 54.8 Å². The standard InChI is InChI=1S/C16H19NO3S/c1-3-13-9-12(10-14(4-2)17-13)11-20-15-5-7-16(8-6-15)21(18)19/h5-10H,3-4,11H2,1-2H3,(H,18,19). The number of hydrogen-bond donors (Lipinski definition) is 1. The minimum absolute atomic E-state index is 0.368. The van der Waals surface area contributed by atoms with E-state index in [1.54, 1.807) is 24.3 Å². The maximum Gasteiger partial charge on any atom is 0.186 e. The molecular formula is C16H19NO3S. The fourth-order valence-corrected chi connectivity index (χ4v) is 2.35. The van der Waals surface area contributed by atoms with Crippen molar-refractivity contribution in [2.45, 2.75) is 38.2 Å². The van der Waals surface area contributed by atoms with Gasteiger partial charge in [0.1, 0.15) is 12.4 Å². The van der Waals surface area contributed by atoms with Gasteiger partial charge in [-0.3, -0.25) is 4.98 Å². The van der Waals surface area contributed by atoms with Crippen LogP contribution in [0.4, 0.5) is 0 Å². The highest BCUT2D eigenvalue weighted by Gasteiger charge is 2.03. The predicted octanol–water partition coefficient (Wildman–Crippen LogP) is 3.37. The summed E-state index contributed by atoms with van der Waals surface area (Å²) in [5, 5.41) is 0. The van der Waals surface area contributed by atoms with Crippen LogP contribution in [0.15, 0.2) is 41.3 Å². The lowest BCUT2D eigenvalue weighted by Gasteiger charge is -2.09. The van der Waals surface area contributed by atoms with Crippen molar-refractivity contribution in [1.29, 1.82) is 0 Å². The molecule has 2 aromatic rings. The minimum atomic E-state index is -1.95. The summed E-state index contributed by atoms with van der Waals surface area (Å²) < 4.78 is 25.6. The van der Waals surface area contributed by atoms with Crippen LogP contribution in [-0.4, -0.2) is 13.7 Å². The molecule has 0 aliphatic heterocycles. The van der Waals surface area contributed by atoms with E-state index in [9.17, 15) is 4.21 Å². The quantitative estimate of drug-likeness (QED) is 0.831. The van der Waals surface area contributed by atoms with Crippen molar-refractivity contribution in [3.05, 3.63) is 53.3 Å². The van der Waals surface area contributed by atoms with Gasteiger partial charge in [-0.25, -0.2) is 4.21 Å². The summed E-state index contributed by atoms with van der Waals surface area (Å²) in [5.41, 5.74) is 3.23. The zero-order valence-electron chi connectivity index (χ0n) is 12.2. The Hall–Kier alpha value is -1.72. The van der Waals surface area contributed by atoms with Crippen molar-refractivity contribution < 1.29 is 13.5 Å². The number of aryl methyl sites for hydroxylation is 2. The molecule has 112 valence electrons. The van der Waals surface area contributed by atoms with Crippen molar-refractivity contribution in [2.24, 2.45) is 0 Å². The first-order valence-corrected chi connectivity index (χ1v) is 8.05. The van der Waals surface area contributed by atoms with Gasteiger partial charge in [-0.2, -0.15) is 0 Å². The normalized spacial score (nSPS) is 12.1. The number of rotatable bonds is 6. The zero-order valence-corrected chi connectivity index (χ0v) is 13.0. The molecule has 0 bridgehead atoms. The molecule has 0 spiro atoms. The van der Waals surface area contributed by atoms with Gasteiger partial charge in [0.05, 0.1) is 4.90 Å². The molecule has 0 radical (unpaired) electrons. The van der Waals surface area contributed by atoms with E-state index in [1.165, 1.54) is 0 Å². The van der Waals surface area contributed by atoms with Crippen LogP contribution in [-0.2, 0) is 30.5 Å². The Morgan fingerprint density at radius 2 is 1.67 bits per heavy atom. The molecule has 0 aliphatic carbocycles. The first-order valence-electron chi connectivity index (χ1n) is 6.94. The van der Waals surface area contributed by atoms with E-state index >= 15 is 0 Å². The third-order valence-electron chi connectivity index (χ3n) is 3.15. The Morgan fingerprint density at radius 1 is 1.10 bits per heavy atom. The lowest BCUT2D eigenvalue weighted by Crippen LogP contribution is -2.01. The lowest BCUT2D eigenvalue weighted by molar-refractivity contribution is 0.305. The van der Waals surface area contributed by atoms with E-state index in [0.717, 1.165) is 29.8 Å². The van der Waals surface area contributed by atoms with Crippen LogP contribution >= 0.6 is 0 Å². The molecule has 0 amide bonds. The van der Waals surface area contributed by atoms with Gasteiger partial charge in [-0.15, -0.1) is 0 Å². The number of ether oxygens (including phenoxy) is 1. The molecule has 5 heteroatoms. The molecule has 4 nitrogen and oxygen atoms in total. The van der Waals surface area contributed by atoms with Crippen molar-refractivity contribution in [3.63, 3.8) is 0 Å². The molecule has 1 unspecified atom stereocenters. The van der Waals surface area contributed by atoms with Crippen LogP contribution in [0.2, 0.25) is 0 Å². The maximum absolute atomic E-state index is 10.9. The maximum atomic E-state index is 10.9. The van der Waals surface area contributed by atoms with E-state index in [2.05, 4.69) is 31.0 Å².